The summed E-state index contributed by atoms with van der Waals surface area (Å²) in [5.41, 5.74) is 7.95. The van der Waals surface area contributed by atoms with Crippen LogP contribution in [0.5, 0.6) is 0 Å². The van der Waals surface area contributed by atoms with Gasteiger partial charge in [0.2, 0.25) is 6.73 Å². The molecular weight excluding hydrogens is 446 g/mol. The minimum atomic E-state index is -0.0190. The highest BCUT2D eigenvalue weighted by molar-refractivity contribution is 5.86. The molecule has 0 saturated heterocycles. The molecule has 2 aliphatic rings. The molecule has 1 aromatic carbocycles. The number of nitrogens with zero attached hydrogens (tertiary/aromatic N) is 3. The van der Waals surface area contributed by atoms with E-state index in [1.165, 1.54) is 52.5 Å². The van der Waals surface area contributed by atoms with Crippen molar-refractivity contribution >= 4 is 16.9 Å². The summed E-state index contributed by atoms with van der Waals surface area (Å²) >= 11 is 0. The lowest BCUT2D eigenvalue weighted by molar-refractivity contribution is -0.940. The lowest BCUT2D eigenvalue weighted by Gasteiger charge is -2.38. The molecule has 5 nitrogen and oxygen atoms in total. The summed E-state index contributed by atoms with van der Waals surface area (Å²) in [5, 5.41) is 1.36. The Morgan fingerprint density at radius 2 is 1.94 bits per heavy atom. The highest BCUT2D eigenvalue weighted by Gasteiger charge is 2.35. The molecule has 0 spiro atoms. The van der Waals surface area contributed by atoms with Crippen molar-refractivity contribution in [3.05, 3.63) is 64.6 Å². The molecule has 3 aromatic rings. The first kappa shape index (κ1) is 25.0. The summed E-state index contributed by atoms with van der Waals surface area (Å²) < 4.78 is 9.23. The number of esters is 1. The number of aromatic nitrogens is 2. The van der Waals surface area contributed by atoms with Crippen molar-refractivity contribution in [1.82, 2.24) is 9.55 Å². The van der Waals surface area contributed by atoms with Crippen molar-refractivity contribution < 1.29 is 14.0 Å². The standard InChI is InChI=1S/C31H42N3O2/c1-23-8-11-28-26(18-23)27-21-34(4,22-36-30(35)19-31(3)14-6-5-7-15-31)17-13-29(27)33(28)16-12-25-10-9-24(2)32-20-25/h8-11,18,20H,5-7,12-17,19,21-22H2,1-4H3/q+1. The van der Waals surface area contributed by atoms with Crippen LogP contribution < -0.4 is 0 Å². The third-order valence-electron chi connectivity index (χ3n) is 8.64. The van der Waals surface area contributed by atoms with E-state index in [4.69, 9.17) is 4.74 Å². The Kier molecular flexibility index (Phi) is 6.95. The zero-order valence-corrected chi connectivity index (χ0v) is 22.6. The fourth-order valence-electron chi connectivity index (χ4n) is 6.35. The van der Waals surface area contributed by atoms with Gasteiger partial charge in [-0.3, -0.25) is 14.3 Å². The number of hydrogen-bond acceptors (Lipinski definition) is 3. The monoisotopic (exact) mass is 488 g/mol. The van der Waals surface area contributed by atoms with Crippen LogP contribution in [0.3, 0.4) is 0 Å². The van der Waals surface area contributed by atoms with Crippen molar-refractivity contribution in [3.63, 3.8) is 0 Å². The van der Waals surface area contributed by atoms with Crippen LogP contribution in [0.2, 0.25) is 0 Å². The number of likely N-dealkylation sites (N-methyl/N-ethyl adjacent to an activating group) is 1. The second-order valence-electron chi connectivity index (χ2n) is 12.1. The molecule has 1 aliphatic heterocycles. The molecule has 0 amide bonds. The zero-order chi connectivity index (χ0) is 25.3. The molecule has 1 unspecified atom stereocenters. The second kappa shape index (κ2) is 10.0. The van der Waals surface area contributed by atoms with Crippen molar-refractivity contribution in [1.29, 1.82) is 0 Å². The van der Waals surface area contributed by atoms with Gasteiger partial charge in [0, 0.05) is 47.0 Å². The quantitative estimate of drug-likeness (QED) is 0.291. The van der Waals surface area contributed by atoms with Gasteiger partial charge in [-0.2, -0.15) is 0 Å². The maximum Gasteiger partial charge on any atom is 0.310 e. The Balaban J connectivity index is 1.32. The predicted molar refractivity (Wildman–Crippen MR) is 145 cm³/mol. The van der Waals surface area contributed by atoms with Gasteiger partial charge in [0.25, 0.3) is 0 Å². The topological polar surface area (TPSA) is 44.1 Å². The van der Waals surface area contributed by atoms with Gasteiger partial charge >= 0.3 is 5.97 Å². The summed E-state index contributed by atoms with van der Waals surface area (Å²) in [6.45, 7) is 9.77. The van der Waals surface area contributed by atoms with Gasteiger partial charge in [0.1, 0.15) is 6.54 Å². The van der Waals surface area contributed by atoms with E-state index in [-0.39, 0.29) is 11.4 Å². The van der Waals surface area contributed by atoms with E-state index in [0.717, 1.165) is 55.5 Å². The predicted octanol–water partition coefficient (Wildman–Crippen LogP) is 6.26. The average molecular weight is 489 g/mol. The van der Waals surface area contributed by atoms with Gasteiger partial charge in [0.15, 0.2) is 0 Å². The number of rotatable bonds is 7. The minimum Gasteiger partial charge on any atom is -0.415 e. The van der Waals surface area contributed by atoms with Crippen LogP contribution in [0.25, 0.3) is 10.9 Å². The van der Waals surface area contributed by atoms with Gasteiger partial charge in [-0.25, -0.2) is 0 Å². The third kappa shape index (κ3) is 5.36. The lowest BCUT2D eigenvalue weighted by Crippen LogP contribution is -2.49. The van der Waals surface area contributed by atoms with Gasteiger partial charge in [0.05, 0.1) is 20.0 Å². The van der Waals surface area contributed by atoms with E-state index in [2.05, 4.69) is 60.8 Å². The Bertz CT molecular complexity index is 1240. The molecule has 5 rings (SSSR count). The van der Waals surface area contributed by atoms with Crippen LogP contribution in [-0.2, 0) is 35.5 Å². The van der Waals surface area contributed by atoms with Crippen molar-refractivity contribution in [2.75, 3.05) is 20.3 Å². The summed E-state index contributed by atoms with van der Waals surface area (Å²) in [6, 6.07) is 11.1. The number of quaternary nitrogens is 1. The van der Waals surface area contributed by atoms with Crippen LogP contribution in [0.4, 0.5) is 0 Å². The van der Waals surface area contributed by atoms with Gasteiger partial charge in [-0.05, 0) is 62.3 Å². The molecule has 2 aromatic heterocycles. The molecule has 1 fully saturated rings. The molecule has 36 heavy (non-hydrogen) atoms. The molecule has 3 heterocycles. The molecule has 0 N–H and O–H groups in total. The molecule has 0 bridgehead atoms. The number of carbonyl (C=O) groups is 1. The fourth-order valence-corrected chi connectivity index (χ4v) is 6.35. The highest BCUT2D eigenvalue weighted by atomic mass is 16.5. The maximum atomic E-state index is 12.8. The first-order valence-corrected chi connectivity index (χ1v) is 13.8. The number of carbonyl (C=O) groups excluding carboxylic acids is 1. The van der Waals surface area contributed by atoms with E-state index < -0.39 is 0 Å². The number of ether oxygens (including phenoxy) is 1. The van der Waals surface area contributed by atoms with E-state index in [9.17, 15) is 4.79 Å². The maximum absolute atomic E-state index is 12.8. The van der Waals surface area contributed by atoms with Gasteiger partial charge in [-0.1, -0.05) is 43.9 Å². The number of aryl methyl sites for hydroxylation is 4. The summed E-state index contributed by atoms with van der Waals surface area (Å²) in [6.07, 6.45) is 10.6. The van der Waals surface area contributed by atoms with E-state index >= 15 is 0 Å². The lowest BCUT2D eigenvalue weighted by atomic mass is 9.73. The SMILES string of the molecule is Cc1ccc2c(c1)c1c(n2CCc2ccc(C)nc2)CC[N+](C)(COC(=O)CC2(C)CCCCC2)C1. The zero-order valence-electron chi connectivity index (χ0n) is 22.6. The Morgan fingerprint density at radius 3 is 2.69 bits per heavy atom. The average Bonchev–Trinajstić information content (AvgIpc) is 3.14. The van der Waals surface area contributed by atoms with Crippen LogP contribution in [0.15, 0.2) is 36.5 Å². The Hall–Kier alpha value is -2.66. The number of hydrogen-bond donors (Lipinski definition) is 0. The Labute approximate surface area is 216 Å². The molecule has 0 radical (unpaired) electrons. The van der Waals surface area contributed by atoms with E-state index in [0.29, 0.717) is 13.2 Å². The van der Waals surface area contributed by atoms with Crippen molar-refractivity contribution in [2.24, 2.45) is 5.41 Å². The van der Waals surface area contributed by atoms with Gasteiger partial charge < -0.3 is 9.30 Å². The largest absolute Gasteiger partial charge is 0.415 e. The Morgan fingerprint density at radius 1 is 1.14 bits per heavy atom. The van der Waals surface area contributed by atoms with Crippen LogP contribution in [-0.4, -0.2) is 40.3 Å². The molecule has 1 saturated carbocycles. The van der Waals surface area contributed by atoms with E-state index in [1.54, 1.807) is 0 Å². The van der Waals surface area contributed by atoms with Crippen LogP contribution in [0, 0.1) is 19.3 Å². The molecule has 1 atom stereocenters. The molecule has 192 valence electrons. The van der Waals surface area contributed by atoms with Crippen LogP contribution in [0.1, 0.15) is 73.5 Å². The fraction of sp³-hybridized carbons (Fsp3) is 0.548. The molecule has 5 heteroatoms. The van der Waals surface area contributed by atoms with Gasteiger partial charge in [-0.15, -0.1) is 0 Å². The van der Waals surface area contributed by atoms with Crippen LogP contribution >= 0.6 is 0 Å². The number of fused-ring (bicyclic) bond motifs is 3. The smallest absolute Gasteiger partial charge is 0.310 e. The summed E-state index contributed by atoms with van der Waals surface area (Å²) in [5.74, 6) is -0.0190. The second-order valence-corrected chi connectivity index (χ2v) is 12.1. The molecular formula is C31H42N3O2+. The highest BCUT2D eigenvalue weighted by Crippen LogP contribution is 2.39. The first-order valence-electron chi connectivity index (χ1n) is 13.8. The summed E-state index contributed by atoms with van der Waals surface area (Å²) in [4.78, 5) is 17.3. The van der Waals surface area contributed by atoms with Crippen molar-refractivity contribution in [3.8, 4) is 0 Å². The number of pyridine rings is 1. The first-order chi connectivity index (χ1) is 17.2. The summed E-state index contributed by atoms with van der Waals surface area (Å²) in [7, 11) is 2.25. The van der Waals surface area contributed by atoms with Crippen molar-refractivity contribution in [2.45, 2.75) is 85.2 Å². The normalized spacial score (nSPS) is 21.3. The molecule has 1 aliphatic carbocycles. The third-order valence-corrected chi connectivity index (χ3v) is 8.64. The number of benzene rings is 1. The minimum absolute atomic E-state index is 0.0190. The van der Waals surface area contributed by atoms with E-state index in [1.807, 2.05) is 13.1 Å².